The Labute approximate surface area is 148 Å². The Kier molecular flexibility index (Phi) is 3.68. The van der Waals surface area contributed by atoms with E-state index in [1.807, 2.05) is 0 Å². The van der Waals surface area contributed by atoms with Crippen LogP contribution < -0.4 is 15.5 Å². The van der Waals surface area contributed by atoms with Gasteiger partial charge in [0.2, 0.25) is 0 Å². The van der Waals surface area contributed by atoms with Crippen LogP contribution in [0.15, 0.2) is 59.0 Å². The predicted molar refractivity (Wildman–Crippen MR) is 104 cm³/mol. The van der Waals surface area contributed by atoms with Crippen molar-refractivity contribution in [2.45, 2.75) is 19.5 Å². The molecule has 0 fully saturated rings. The first-order valence-corrected chi connectivity index (χ1v) is 8.63. The van der Waals surface area contributed by atoms with Gasteiger partial charge in [0.05, 0.1) is 16.9 Å². The van der Waals surface area contributed by atoms with Gasteiger partial charge in [-0.2, -0.15) is 0 Å². The number of anilines is 3. The summed E-state index contributed by atoms with van der Waals surface area (Å²) in [5.41, 5.74) is 12.0. The minimum absolute atomic E-state index is 0.0322. The maximum Gasteiger partial charge on any atom is 0.198 e. The smallest absolute Gasteiger partial charge is 0.198 e. The molecule has 128 valence electrons. The first kappa shape index (κ1) is 15.6. The van der Waals surface area contributed by atoms with Crippen molar-refractivity contribution in [1.29, 1.82) is 0 Å². The van der Waals surface area contributed by atoms with Gasteiger partial charge in [0, 0.05) is 19.7 Å². The highest BCUT2D eigenvalue weighted by Crippen LogP contribution is 2.46. The molecule has 1 aromatic heterocycles. The molecule has 4 heteroatoms. The molecule has 1 aliphatic rings. The lowest BCUT2D eigenvalue weighted by atomic mass is 10.1. The van der Waals surface area contributed by atoms with Crippen LogP contribution >= 0.6 is 0 Å². The van der Waals surface area contributed by atoms with Crippen LogP contribution in [-0.4, -0.2) is 14.1 Å². The number of hydrogen-bond acceptors (Lipinski definition) is 4. The predicted octanol–water partition coefficient (Wildman–Crippen LogP) is 4.68. The van der Waals surface area contributed by atoms with Crippen molar-refractivity contribution in [3.8, 4) is 11.3 Å². The summed E-state index contributed by atoms with van der Waals surface area (Å²) in [4.78, 5) is 4.47. The summed E-state index contributed by atoms with van der Waals surface area (Å²) in [6, 6.07) is 18.9. The van der Waals surface area contributed by atoms with Crippen LogP contribution in [0, 0.1) is 0 Å². The molecule has 0 unspecified atom stereocenters. The Morgan fingerprint density at radius 3 is 2.12 bits per heavy atom. The molecular weight excluding hydrogens is 310 g/mol. The summed E-state index contributed by atoms with van der Waals surface area (Å²) in [6.07, 6.45) is 1.06. The number of fused-ring (bicyclic) bond motifs is 1. The van der Waals surface area contributed by atoms with Crippen LogP contribution in [0.5, 0.6) is 0 Å². The fourth-order valence-electron chi connectivity index (χ4n) is 3.67. The van der Waals surface area contributed by atoms with E-state index < -0.39 is 0 Å². The minimum Gasteiger partial charge on any atom is -0.441 e. The van der Waals surface area contributed by atoms with Gasteiger partial charge in [0.1, 0.15) is 11.9 Å². The van der Waals surface area contributed by atoms with E-state index in [0.717, 1.165) is 23.3 Å². The summed E-state index contributed by atoms with van der Waals surface area (Å²) >= 11 is 0. The molecule has 4 nitrogen and oxygen atoms in total. The van der Waals surface area contributed by atoms with Crippen molar-refractivity contribution in [1.82, 2.24) is 0 Å². The molecule has 2 heterocycles. The highest BCUT2D eigenvalue weighted by atomic mass is 16.4. The molecule has 25 heavy (non-hydrogen) atoms. The number of rotatable bonds is 3. The van der Waals surface area contributed by atoms with Crippen LogP contribution in [0.25, 0.3) is 11.3 Å². The van der Waals surface area contributed by atoms with Gasteiger partial charge in [0.15, 0.2) is 5.88 Å². The molecule has 3 aromatic rings. The molecule has 1 aliphatic heterocycles. The Hall–Kier alpha value is -2.88. The fraction of sp³-hybridized carbons (Fsp3) is 0.238. The van der Waals surface area contributed by atoms with E-state index in [2.05, 4.69) is 85.4 Å². The SMILES string of the molecule is CCc1ccc(-c2cc(C3N(C)c4ccccc4N3C)c(N)o2)cc1. The second kappa shape index (κ2) is 5.88. The summed E-state index contributed by atoms with van der Waals surface area (Å²) in [5, 5.41) is 0. The van der Waals surface area contributed by atoms with Crippen LogP contribution in [0.2, 0.25) is 0 Å². The average molecular weight is 333 g/mol. The van der Waals surface area contributed by atoms with Crippen molar-refractivity contribution < 1.29 is 4.42 Å². The zero-order valence-corrected chi connectivity index (χ0v) is 14.9. The molecule has 0 radical (unpaired) electrons. The molecule has 0 saturated heterocycles. The lowest BCUT2D eigenvalue weighted by Gasteiger charge is -2.27. The van der Waals surface area contributed by atoms with E-state index in [0.29, 0.717) is 5.88 Å². The van der Waals surface area contributed by atoms with E-state index in [9.17, 15) is 0 Å². The summed E-state index contributed by atoms with van der Waals surface area (Å²) in [7, 11) is 4.18. The standard InChI is InChI=1S/C21H23N3O/c1-4-14-9-11-15(12-10-14)19-13-16(20(22)25-19)21-23(2)17-7-5-6-8-18(17)24(21)3/h5-13,21H,4,22H2,1-3H3. The highest BCUT2D eigenvalue weighted by molar-refractivity contribution is 5.79. The van der Waals surface area contributed by atoms with Crippen LogP contribution in [0.4, 0.5) is 17.3 Å². The molecule has 0 saturated carbocycles. The van der Waals surface area contributed by atoms with E-state index in [1.165, 1.54) is 16.9 Å². The van der Waals surface area contributed by atoms with Crippen molar-refractivity contribution in [2.75, 3.05) is 29.6 Å². The molecule has 0 bridgehead atoms. The topological polar surface area (TPSA) is 45.6 Å². The zero-order valence-electron chi connectivity index (χ0n) is 14.9. The van der Waals surface area contributed by atoms with E-state index in [4.69, 9.17) is 10.2 Å². The van der Waals surface area contributed by atoms with Crippen LogP contribution in [-0.2, 0) is 6.42 Å². The monoisotopic (exact) mass is 333 g/mol. The maximum absolute atomic E-state index is 6.25. The largest absolute Gasteiger partial charge is 0.441 e. The third-order valence-electron chi connectivity index (χ3n) is 5.09. The third kappa shape index (κ3) is 2.45. The lowest BCUT2D eigenvalue weighted by Crippen LogP contribution is -2.30. The molecule has 2 N–H and O–H groups in total. The molecule has 0 aliphatic carbocycles. The molecular formula is C21H23N3O. The lowest BCUT2D eigenvalue weighted by molar-refractivity contribution is 0.592. The highest BCUT2D eigenvalue weighted by Gasteiger charge is 2.34. The number of aryl methyl sites for hydroxylation is 1. The van der Waals surface area contributed by atoms with Gasteiger partial charge in [0.25, 0.3) is 0 Å². The quantitative estimate of drug-likeness (QED) is 0.756. The molecule has 2 aromatic carbocycles. The van der Waals surface area contributed by atoms with Crippen molar-refractivity contribution in [2.24, 2.45) is 0 Å². The summed E-state index contributed by atoms with van der Waals surface area (Å²) in [5.74, 6) is 1.29. The van der Waals surface area contributed by atoms with E-state index in [1.54, 1.807) is 0 Å². The zero-order chi connectivity index (χ0) is 17.6. The Morgan fingerprint density at radius 2 is 1.56 bits per heavy atom. The van der Waals surface area contributed by atoms with E-state index >= 15 is 0 Å². The number of nitrogens with two attached hydrogens (primary N) is 1. The minimum atomic E-state index is 0.0322. The number of para-hydroxylation sites is 2. The van der Waals surface area contributed by atoms with Gasteiger partial charge in [-0.05, 0) is 30.2 Å². The normalized spacial score (nSPS) is 14.2. The van der Waals surface area contributed by atoms with Crippen molar-refractivity contribution >= 4 is 17.3 Å². The summed E-state index contributed by atoms with van der Waals surface area (Å²) < 4.78 is 5.91. The van der Waals surface area contributed by atoms with Crippen LogP contribution in [0.3, 0.4) is 0 Å². The molecule has 0 spiro atoms. The Morgan fingerprint density at radius 1 is 0.960 bits per heavy atom. The molecule has 0 atom stereocenters. The van der Waals surface area contributed by atoms with Crippen molar-refractivity contribution in [3.63, 3.8) is 0 Å². The van der Waals surface area contributed by atoms with Gasteiger partial charge < -0.3 is 20.0 Å². The first-order valence-electron chi connectivity index (χ1n) is 8.63. The van der Waals surface area contributed by atoms with Gasteiger partial charge in [-0.15, -0.1) is 0 Å². The number of furan rings is 1. The fourth-order valence-corrected chi connectivity index (χ4v) is 3.67. The summed E-state index contributed by atoms with van der Waals surface area (Å²) in [6.45, 7) is 2.15. The van der Waals surface area contributed by atoms with E-state index in [-0.39, 0.29) is 6.17 Å². The third-order valence-corrected chi connectivity index (χ3v) is 5.09. The van der Waals surface area contributed by atoms with Gasteiger partial charge in [-0.3, -0.25) is 0 Å². The van der Waals surface area contributed by atoms with Gasteiger partial charge >= 0.3 is 0 Å². The maximum atomic E-state index is 6.25. The van der Waals surface area contributed by atoms with Gasteiger partial charge in [-0.1, -0.05) is 43.3 Å². The molecule has 0 amide bonds. The average Bonchev–Trinajstić information content (AvgIpc) is 3.14. The van der Waals surface area contributed by atoms with Crippen molar-refractivity contribution in [3.05, 3.63) is 65.7 Å². The van der Waals surface area contributed by atoms with Crippen LogP contribution in [0.1, 0.15) is 24.2 Å². The second-order valence-corrected chi connectivity index (χ2v) is 6.56. The molecule has 4 rings (SSSR count). The second-order valence-electron chi connectivity index (χ2n) is 6.56. The number of nitrogen functional groups attached to an aromatic ring is 1. The first-order chi connectivity index (χ1) is 12.1. The van der Waals surface area contributed by atoms with Gasteiger partial charge in [-0.25, -0.2) is 0 Å². The number of hydrogen-bond donors (Lipinski definition) is 1. The Bertz CT molecular complexity index is 869. The Balaban J connectivity index is 1.71. The number of benzene rings is 2. The number of nitrogens with zero attached hydrogens (tertiary/aromatic N) is 2.